The fraction of sp³-hybridized carbons (Fsp3) is 0.308. The van der Waals surface area contributed by atoms with E-state index in [0.29, 0.717) is 0 Å². The lowest BCUT2D eigenvalue weighted by Gasteiger charge is -2.09. The van der Waals surface area contributed by atoms with Gasteiger partial charge in [0.1, 0.15) is 5.82 Å². The zero-order valence-electron chi connectivity index (χ0n) is 11.6. The zero-order valence-corrected chi connectivity index (χ0v) is 12.4. The molecule has 1 rings (SSSR count). The lowest BCUT2D eigenvalue weighted by molar-refractivity contribution is -0.141. The van der Waals surface area contributed by atoms with Gasteiger partial charge in [-0.3, -0.25) is 25.2 Å². The molecular weight excluding hydrogens is 297 g/mol. The highest BCUT2D eigenvalue weighted by Gasteiger charge is 2.14. The molecule has 0 unspecified atom stereocenters. The fourth-order valence-corrected chi connectivity index (χ4v) is 1.93. The molecule has 0 saturated heterocycles. The summed E-state index contributed by atoms with van der Waals surface area (Å²) in [6.45, 7) is 3.42. The SMILES string of the molecule is CC(C)NC(=O)C(=O)NNC(=O)CSc1ccc(F)cc1. The summed E-state index contributed by atoms with van der Waals surface area (Å²) >= 11 is 1.18. The fourth-order valence-electron chi connectivity index (χ4n) is 1.23. The van der Waals surface area contributed by atoms with Crippen LogP contribution >= 0.6 is 11.8 Å². The standard InChI is InChI=1S/C13H16FN3O3S/c1-8(2)15-12(19)13(20)17-16-11(18)7-21-10-5-3-9(14)4-6-10/h3-6,8H,7H2,1-2H3,(H,15,19)(H,16,18)(H,17,20). The molecule has 0 aliphatic rings. The van der Waals surface area contributed by atoms with Crippen molar-refractivity contribution in [1.82, 2.24) is 16.2 Å². The molecule has 8 heteroatoms. The van der Waals surface area contributed by atoms with Gasteiger partial charge in [0.05, 0.1) is 5.75 Å². The Kier molecular flexibility index (Phi) is 6.67. The van der Waals surface area contributed by atoms with Gasteiger partial charge < -0.3 is 5.32 Å². The van der Waals surface area contributed by atoms with Crippen LogP contribution < -0.4 is 16.2 Å². The van der Waals surface area contributed by atoms with Crippen molar-refractivity contribution >= 4 is 29.5 Å². The number of amides is 3. The van der Waals surface area contributed by atoms with Crippen molar-refractivity contribution < 1.29 is 18.8 Å². The van der Waals surface area contributed by atoms with Gasteiger partial charge in [-0.2, -0.15) is 0 Å². The molecule has 0 aliphatic carbocycles. The van der Waals surface area contributed by atoms with Crippen LogP contribution in [0.2, 0.25) is 0 Å². The molecule has 0 saturated carbocycles. The summed E-state index contributed by atoms with van der Waals surface area (Å²) < 4.78 is 12.7. The van der Waals surface area contributed by atoms with Gasteiger partial charge in [0.2, 0.25) is 5.91 Å². The molecule has 0 heterocycles. The van der Waals surface area contributed by atoms with Gasteiger partial charge in [-0.1, -0.05) is 0 Å². The highest BCUT2D eigenvalue weighted by molar-refractivity contribution is 8.00. The van der Waals surface area contributed by atoms with E-state index in [2.05, 4.69) is 10.7 Å². The largest absolute Gasteiger partial charge is 0.346 e. The maximum absolute atomic E-state index is 12.7. The number of nitrogens with one attached hydrogen (secondary N) is 3. The summed E-state index contributed by atoms with van der Waals surface area (Å²) in [7, 11) is 0. The predicted octanol–water partition coefficient (Wildman–Crippen LogP) is 0.590. The quantitative estimate of drug-likeness (QED) is 0.431. The molecule has 114 valence electrons. The average Bonchev–Trinajstić information content (AvgIpc) is 2.43. The van der Waals surface area contributed by atoms with Crippen molar-refractivity contribution in [2.24, 2.45) is 0 Å². The second kappa shape index (κ2) is 8.25. The number of carbonyl (C=O) groups is 3. The van der Waals surface area contributed by atoms with Crippen LogP contribution in [0.3, 0.4) is 0 Å². The molecule has 0 aromatic heterocycles. The van der Waals surface area contributed by atoms with Gasteiger partial charge in [0, 0.05) is 10.9 Å². The summed E-state index contributed by atoms with van der Waals surface area (Å²) in [5, 5.41) is 2.39. The third-order valence-corrected chi connectivity index (χ3v) is 3.14. The number of hydrazine groups is 1. The van der Waals surface area contributed by atoms with Crippen molar-refractivity contribution in [3.8, 4) is 0 Å². The van der Waals surface area contributed by atoms with Crippen LogP contribution in [0.25, 0.3) is 0 Å². The van der Waals surface area contributed by atoms with E-state index in [1.54, 1.807) is 26.0 Å². The van der Waals surface area contributed by atoms with Gasteiger partial charge in [-0.15, -0.1) is 11.8 Å². The minimum atomic E-state index is -0.941. The Balaban J connectivity index is 2.29. The van der Waals surface area contributed by atoms with Gasteiger partial charge in [0.25, 0.3) is 0 Å². The Bertz CT molecular complexity index is 520. The number of carbonyl (C=O) groups excluding carboxylic acids is 3. The molecule has 0 spiro atoms. The number of rotatable bonds is 4. The molecule has 3 N–H and O–H groups in total. The lowest BCUT2D eigenvalue weighted by Crippen LogP contribution is -2.50. The van der Waals surface area contributed by atoms with Crippen LogP contribution in [0, 0.1) is 5.82 Å². The van der Waals surface area contributed by atoms with Crippen LogP contribution in [0.4, 0.5) is 4.39 Å². The van der Waals surface area contributed by atoms with E-state index in [4.69, 9.17) is 0 Å². The van der Waals surface area contributed by atoms with Crippen molar-refractivity contribution in [3.63, 3.8) is 0 Å². The molecule has 0 aliphatic heterocycles. The lowest BCUT2D eigenvalue weighted by atomic mass is 10.4. The van der Waals surface area contributed by atoms with Crippen LogP contribution in [0.15, 0.2) is 29.2 Å². The van der Waals surface area contributed by atoms with Crippen LogP contribution in [0.1, 0.15) is 13.8 Å². The summed E-state index contributed by atoms with van der Waals surface area (Å²) in [6.07, 6.45) is 0. The first-order valence-corrected chi connectivity index (χ1v) is 7.15. The smallest absolute Gasteiger partial charge is 0.327 e. The van der Waals surface area contributed by atoms with Gasteiger partial charge >= 0.3 is 11.8 Å². The summed E-state index contributed by atoms with van der Waals surface area (Å²) in [6, 6.07) is 5.49. The number of halogens is 1. The monoisotopic (exact) mass is 313 g/mol. The topological polar surface area (TPSA) is 87.3 Å². The van der Waals surface area contributed by atoms with E-state index in [0.717, 1.165) is 4.90 Å². The molecule has 1 aromatic rings. The second-order valence-electron chi connectivity index (χ2n) is 4.37. The molecule has 0 fully saturated rings. The molecule has 0 radical (unpaired) electrons. The predicted molar refractivity (Wildman–Crippen MR) is 76.7 cm³/mol. The molecule has 0 bridgehead atoms. The Hall–Kier alpha value is -2.09. The Labute approximate surface area is 125 Å². The Morgan fingerprint density at radius 3 is 2.29 bits per heavy atom. The molecule has 6 nitrogen and oxygen atoms in total. The van der Waals surface area contributed by atoms with Gasteiger partial charge in [-0.25, -0.2) is 4.39 Å². The summed E-state index contributed by atoms with van der Waals surface area (Å²) in [5.41, 5.74) is 4.13. The summed E-state index contributed by atoms with van der Waals surface area (Å²) in [5.74, 6) is -2.57. The van der Waals surface area contributed by atoms with E-state index < -0.39 is 17.7 Å². The van der Waals surface area contributed by atoms with Crippen molar-refractivity contribution in [1.29, 1.82) is 0 Å². The van der Waals surface area contributed by atoms with Gasteiger partial charge in [-0.05, 0) is 38.1 Å². The average molecular weight is 313 g/mol. The molecule has 21 heavy (non-hydrogen) atoms. The van der Waals surface area contributed by atoms with Crippen molar-refractivity contribution in [2.45, 2.75) is 24.8 Å². The number of thioether (sulfide) groups is 1. The highest BCUT2D eigenvalue weighted by atomic mass is 32.2. The Morgan fingerprint density at radius 1 is 1.10 bits per heavy atom. The third kappa shape index (κ3) is 6.75. The highest BCUT2D eigenvalue weighted by Crippen LogP contribution is 2.17. The van der Waals surface area contributed by atoms with E-state index in [1.165, 1.54) is 23.9 Å². The van der Waals surface area contributed by atoms with E-state index in [9.17, 15) is 18.8 Å². The first-order chi connectivity index (χ1) is 9.88. The van der Waals surface area contributed by atoms with Crippen molar-refractivity contribution in [2.75, 3.05) is 5.75 Å². The van der Waals surface area contributed by atoms with Crippen molar-refractivity contribution in [3.05, 3.63) is 30.1 Å². The van der Waals surface area contributed by atoms with E-state index in [-0.39, 0.29) is 17.6 Å². The maximum Gasteiger partial charge on any atom is 0.327 e. The number of hydrogen-bond donors (Lipinski definition) is 3. The Morgan fingerprint density at radius 2 is 1.71 bits per heavy atom. The normalized spacial score (nSPS) is 10.1. The molecular formula is C13H16FN3O3S. The number of benzene rings is 1. The first kappa shape index (κ1) is 17.0. The first-order valence-electron chi connectivity index (χ1n) is 6.16. The number of hydrogen-bond acceptors (Lipinski definition) is 4. The van der Waals surface area contributed by atoms with E-state index >= 15 is 0 Å². The maximum atomic E-state index is 12.7. The van der Waals surface area contributed by atoms with Crippen LogP contribution in [-0.2, 0) is 14.4 Å². The second-order valence-corrected chi connectivity index (χ2v) is 5.42. The van der Waals surface area contributed by atoms with Crippen LogP contribution in [0.5, 0.6) is 0 Å². The van der Waals surface area contributed by atoms with Crippen LogP contribution in [-0.4, -0.2) is 29.5 Å². The zero-order chi connectivity index (χ0) is 15.8. The minimum Gasteiger partial charge on any atom is -0.346 e. The molecule has 0 atom stereocenters. The van der Waals surface area contributed by atoms with Gasteiger partial charge in [0.15, 0.2) is 0 Å². The molecule has 1 aromatic carbocycles. The van der Waals surface area contributed by atoms with E-state index in [1.807, 2.05) is 5.43 Å². The summed E-state index contributed by atoms with van der Waals surface area (Å²) in [4.78, 5) is 34.8. The molecule has 3 amide bonds. The minimum absolute atomic E-state index is 0.0255. The third-order valence-electron chi connectivity index (χ3n) is 2.13.